The van der Waals surface area contributed by atoms with Gasteiger partial charge < -0.3 is 9.30 Å². The first-order valence-corrected chi connectivity index (χ1v) is 5.73. The summed E-state index contributed by atoms with van der Waals surface area (Å²) in [5, 5.41) is 9.30. The van der Waals surface area contributed by atoms with Gasteiger partial charge in [-0.25, -0.2) is 4.98 Å². The van der Waals surface area contributed by atoms with Crippen molar-refractivity contribution < 1.29 is 9.53 Å². The standard InChI is InChI=1S/C14H13N3O2/c1-17-8-7-16-14(17)13(18)11(9-15)10-5-3-4-6-12(10)19-2/h3-8,11H,1-2H3. The monoisotopic (exact) mass is 255 g/mol. The van der Waals surface area contributed by atoms with Gasteiger partial charge >= 0.3 is 0 Å². The number of rotatable bonds is 4. The number of imidazole rings is 1. The number of nitriles is 1. The minimum Gasteiger partial charge on any atom is -0.496 e. The Morgan fingerprint density at radius 2 is 2.21 bits per heavy atom. The van der Waals surface area contributed by atoms with Crippen LogP contribution >= 0.6 is 0 Å². The van der Waals surface area contributed by atoms with E-state index in [4.69, 9.17) is 4.74 Å². The zero-order valence-corrected chi connectivity index (χ0v) is 10.7. The molecule has 0 aliphatic carbocycles. The summed E-state index contributed by atoms with van der Waals surface area (Å²) < 4.78 is 6.79. The van der Waals surface area contributed by atoms with E-state index in [1.54, 1.807) is 42.1 Å². The molecule has 5 heteroatoms. The van der Waals surface area contributed by atoms with Gasteiger partial charge in [0, 0.05) is 25.0 Å². The van der Waals surface area contributed by atoms with Crippen molar-refractivity contribution in [2.75, 3.05) is 7.11 Å². The number of benzene rings is 1. The lowest BCUT2D eigenvalue weighted by Gasteiger charge is -2.12. The van der Waals surface area contributed by atoms with Crippen molar-refractivity contribution in [3.63, 3.8) is 0 Å². The van der Waals surface area contributed by atoms with Crippen molar-refractivity contribution in [2.24, 2.45) is 7.05 Å². The van der Waals surface area contributed by atoms with E-state index >= 15 is 0 Å². The minimum atomic E-state index is -0.919. The highest BCUT2D eigenvalue weighted by molar-refractivity contribution is 6.00. The Morgan fingerprint density at radius 1 is 1.47 bits per heavy atom. The summed E-state index contributed by atoms with van der Waals surface area (Å²) in [7, 11) is 3.23. The maximum absolute atomic E-state index is 12.4. The minimum absolute atomic E-state index is 0.262. The fourth-order valence-electron chi connectivity index (χ4n) is 1.91. The van der Waals surface area contributed by atoms with Crippen LogP contribution in [-0.4, -0.2) is 22.4 Å². The fourth-order valence-corrected chi connectivity index (χ4v) is 1.91. The van der Waals surface area contributed by atoms with Gasteiger partial charge in [-0.15, -0.1) is 0 Å². The summed E-state index contributed by atoms with van der Waals surface area (Å²) in [5.74, 6) is -0.467. The average Bonchev–Trinajstić information content (AvgIpc) is 2.86. The van der Waals surface area contributed by atoms with Crippen molar-refractivity contribution in [1.29, 1.82) is 5.26 Å². The molecule has 0 fully saturated rings. The van der Waals surface area contributed by atoms with E-state index in [0.29, 0.717) is 11.3 Å². The van der Waals surface area contributed by atoms with Crippen LogP contribution in [-0.2, 0) is 7.05 Å². The van der Waals surface area contributed by atoms with Gasteiger partial charge in [-0.3, -0.25) is 4.79 Å². The first-order chi connectivity index (χ1) is 9.19. The number of para-hydroxylation sites is 1. The number of hydrogen-bond acceptors (Lipinski definition) is 4. The van der Waals surface area contributed by atoms with Crippen LogP contribution in [0.3, 0.4) is 0 Å². The van der Waals surface area contributed by atoms with Crippen molar-refractivity contribution >= 4 is 5.78 Å². The number of nitrogens with zero attached hydrogens (tertiary/aromatic N) is 3. The number of hydrogen-bond donors (Lipinski definition) is 0. The topological polar surface area (TPSA) is 67.9 Å². The number of ketones is 1. The Hall–Kier alpha value is -2.61. The highest BCUT2D eigenvalue weighted by atomic mass is 16.5. The maximum atomic E-state index is 12.4. The van der Waals surface area contributed by atoms with Gasteiger partial charge in [-0.05, 0) is 6.07 Å². The van der Waals surface area contributed by atoms with Crippen molar-refractivity contribution in [2.45, 2.75) is 5.92 Å². The zero-order chi connectivity index (χ0) is 13.8. The summed E-state index contributed by atoms with van der Waals surface area (Å²) in [6.45, 7) is 0. The quantitative estimate of drug-likeness (QED) is 0.783. The van der Waals surface area contributed by atoms with Gasteiger partial charge in [0.25, 0.3) is 0 Å². The molecule has 1 unspecified atom stereocenters. The van der Waals surface area contributed by atoms with E-state index < -0.39 is 5.92 Å². The van der Waals surface area contributed by atoms with Crippen molar-refractivity contribution in [3.8, 4) is 11.8 Å². The lowest BCUT2D eigenvalue weighted by Crippen LogP contribution is -2.16. The molecule has 2 rings (SSSR count). The van der Waals surface area contributed by atoms with E-state index in [0.717, 1.165) is 0 Å². The largest absolute Gasteiger partial charge is 0.496 e. The first kappa shape index (κ1) is 12.8. The Balaban J connectivity index is 2.44. The molecular weight excluding hydrogens is 242 g/mol. The molecule has 0 amide bonds. The van der Waals surface area contributed by atoms with Crippen LogP contribution in [0.1, 0.15) is 22.1 Å². The molecule has 0 saturated carbocycles. The normalized spacial score (nSPS) is 11.6. The van der Waals surface area contributed by atoms with Gasteiger partial charge in [0.1, 0.15) is 11.7 Å². The zero-order valence-electron chi connectivity index (χ0n) is 10.7. The Kier molecular flexibility index (Phi) is 3.62. The number of ether oxygens (including phenoxy) is 1. The third kappa shape index (κ3) is 2.33. The molecule has 0 saturated heterocycles. The van der Waals surface area contributed by atoms with E-state index in [-0.39, 0.29) is 11.6 Å². The highest BCUT2D eigenvalue weighted by Gasteiger charge is 2.27. The van der Waals surface area contributed by atoms with Crippen LogP contribution in [0.2, 0.25) is 0 Å². The van der Waals surface area contributed by atoms with Crippen LogP contribution < -0.4 is 4.74 Å². The smallest absolute Gasteiger partial charge is 0.219 e. The molecule has 0 N–H and O–H groups in total. The van der Waals surface area contributed by atoms with Crippen LogP contribution in [0.15, 0.2) is 36.7 Å². The lowest BCUT2D eigenvalue weighted by atomic mass is 9.94. The molecule has 0 radical (unpaired) electrons. The van der Waals surface area contributed by atoms with Gasteiger partial charge in [0.15, 0.2) is 5.82 Å². The number of aryl methyl sites for hydroxylation is 1. The van der Waals surface area contributed by atoms with Crippen molar-refractivity contribution in [3.05, 3.63) is 48.0 Å². The predicted octanol–water partition coefficient (Wildman–Crippen LogP) is 1.92. The lowest BCUT2D eigenvalue weighted by molar-refractivity contribution is 0.0965. The van der Waals surface area contributed by atoms with Crippen LogP contribution in [0, 0.1) is 11.3 Å². The molecule has 0 bridgehead atoms. The van der Waals surface area contributed by atoms with Gasteiger partial charge in [0.05, 0.1) is 13.2 Å². The maximum Gasteiger partial charge on any atom is 0.219 e. The third-order valence-electron chi connectivity index (χ3n) is 2.88. The average molecular weight is 255 g/mol. The molecule has 0 spiro atoms. The molecule has 0 aliphatic heterocycles. The molecule has 0 aliphatic rings. The Bertz CT molecular complexity index is 640. The summed E-state index contributed by atoms with van der Waals surface area (Å²) in [4.78, 5) is 16.4. The number of aromatic nitrogens is 2. The molecule has 1 atom stereocenters. The fraction of sp³-hybridized carbons (Fsp3) is 0.214. The van der Waals surface area contributed by atoms with Crippen LogP contribution in [0.5, 0.6) is 5.75 Å². The number of carbonyl (C=O) groups excluding carboxylic acids is 1. The van der Waals surface area contributed by atoms with E-state index in [1.165, 1.54) is 13.3 Å². The Labute approximate surface area is 111 Å². The second-order valence-electron chi connectivity index (χ2n) is 4.03. The van der Waals surface area contributed by atoms with Crippen LogP contribution in [0.25, 0.3) is 0 Å². The molecule has 5 nitrogen and oxygen atoms in total. The summed E-state index contributed by atoms with van der Waals surface area (Å²) >= 11 is 0. The van der Waals surface area contributed by atoms with E-state index in [1.807, 2.05) is 6.07 Å². The summed E-state index contributed by atoms with van der Waals surface area (Å²) in [5.41, 5.74) is 0.556. The van der Waals surface area contributed by atoms with Crippen LogP contribution in [0.4, 0.5) is 0 Å². The van der Waals surface area contributed by atoms with Gasteiger partial charge in [-0.2, -0.15) is 5.26 Å². The second-order valence-corrected chi connectivity index (χ2v) is 4.03. The molecule has 1 heterocycles. The Morgan fingerprint density at radius 3 is 2.79 bits per heavy atom. The molecule has 19 heavy (non-hydrogen) atoms. The molecule has 1 aromatic carbocycles. The summed E-state index contributed by atoms with van der Waals surface area (Å²) in [6, 6.07) is 9.03. The summed E-state index contributed by atoms with van der Waals surface area (Å²) in [6.07, 6.45) is 3.20. The van der Waals surface area contributed by atoms with E-state index in [2.05, 4.69) is 4.98 Å². The van der Waals surface area contributed by atoms with E-state index in [9.17, 15) is 10.1 Å². The molecular formula is C14H13N3O2. The number of Topliss-reactive ketones (excluding diaryl/α,β-unsaturated/α-hetero) is 1. The number of carbonyl (C=O) groups is 1. The number of methoxy groups -OCH3 is 1. The molecule has 1 aromatic heterocycles. The second kappa shape index (κ2) is 5.36. The molecule has 96 valence electrons. The van der Waals surface area contributed by atoms with Gasteiger partial charge in [-0.1, -0.05) is 18.2 Å². The van der Waals surface area contributed by atoms with Crippen molar-refractivity contribution in [1.82, 2.24) is 9.55 Å². The first-order valence-electron chi connectivity index (χ1n) is 5.73. The van der Waals surface area contributed by atoms with Gasteiger partial charge in [0.2, 0.25) is 5.78 Å². The predicted molar refractivity (Wildman–Crippen MR) is 68.9 cm³/mol. The SMILES string of the molecule is COc1ccccc1C(C#N)C(=O)c1nccn1C. The highest BCUT2D eigenvalue weighted by Crippen LogP contribution is 2.28. The third-order valence-corrected chi connectivity index (χ3v) is 2.88. The molecule has 2 aromatic rings.